The Morgan fingerprint density at radius 2 is 2.21 bits per heavy atom. The minimum absolute atomic E-state index is 0.0838. The maximum absolute atomic E-state index is 5.26. The van der Waals surface area contributed by atoms with Crippen LogP contribution in [0.25, 0.3) is 0 Å². The first kappa shape index (κ1) is 14.3. The number of nitrogens with zero attached hydrogens (tertiary/aromatic N) is 4. The normalized spacial score (nSPS) is 12.6. The van der Waals surface area contributed by atoms with E-state index in [1.54, 1.807) is 11.8 Å². The van der Waals surface area contributed by atoms with Crippen molar-refractivity contribution in [1.82, 2.24) is 20.3 Å². The lowest BCUT2D eigenvalue weighted by atomic mass is 10.3. The van der Waals surface area contributed by atoms with Gasteiger partial charge in [0.05, 0.1) is 5.25 Å². The van der Waals surface area contributed by atoms with E-state index in [-0.39, 0.29) is 5.25 Å². The first-order chi connectivity index (χ1) is 9.22. The highest BCUT2D eigenvalue weighted by atomic mass is 32.2. The van der Waals surface area contributed by atoms with E-state index in [2.05, 4.69) is 32.6 Å². The fraction of sp³-hybridized carbons (Fsp3) is 0.636. The van der Waals surface area contributed by atoms with Crippen molar-refractivity contribution in [2.24, 2.45) is 0 Å². The Labute approximate surface area is 120 Å². The van der Waals surface area contributed by atoms with Crippen LogP contribution in [0, 0.1) is 0 Å². The van der Waals surface area contributed by atoms with Crippen LogP contribution >= 0.6 is 23.1 Å². The van der Waals surface area contributed by atoms with Gasteiger partial charge in [-0.15, -0.1) is 10.2 Å². The monoisotopic (exact) mass is 299 g/mol. The number of thioether (sulfide) groups is 1. The topological polar surface area (TPSA) is 76.7 Å². The van der Waals surface area contributed by atoms with E-state index in [0.717, 1.165) is 34.7 Å². The first-order valence-electron chi connectivity index (χ1n) is 6.29. The van der Waals surface area contributed by atoms with Crippen LogP contribution in [-0.2, 0) is 6.42 Å². The Morgan fingerprint density at radius 3 is 2.95 bits per heavy atom. The highest BCUT2D eigenvalue weighted by Crippen LogP contribution is 2.36. The first-order valence-corrected chi connectivity index (χ1v) is 7.99. The molecule has 1 unspecified atom stereocenters. The molecule has 2 aromatic heterocycles. The zero-order valence-electron chi connectivity index (χ0n) is 11.2. The molecule has 1 N–H and O–H groups in total. The van der Waals surface area contributed by atoms with E-state index in [1.165, 1.54) is 11.3 Å². The van der Waals surface area contributed by atoms with Gasteiger partial charge in [0.15, 0.2) is 10.2 Å². The molecule has 0 spiro atoms. The molecule has 0 bridgehead atoms. The molecular weight excluding hydrogens is 282 g/mol. The molecule has 0 aliphatic rings. The lowest BCUT2D eigenvalue weighted by Gasteiger charge is -2.01. The van der Waals surface area contributed by atoms with Crippen molar-refractivity contribution in [3.05, 3.63) is 11.7 Å². The molecule has 104 valence electrons. The molecule has 0 aliphatic heterocycles. The molecule has 0 aromatic carbocycles. The Balaban J connectivity index is 1.96. The third-order valence-electron chi connectivity index (χ3n) is 2.32. The zero-order chi connectivity index (χ0) is 13.7. The Bertz CT molecular complexity index is 513. The van der Waals surface area contributed by atoms with Gasteiger partial charge in [0, 0.05) is 13.0 Å². The second kappa shape index (κ2) is 6.85. The molecule has 0 radical (unpaired) electrons. The molecule has 8 heteroatoms. The van der Waals surface area contributed by atoms with E-state index < -0.39 is 0 Å². The van der Waals surface area contributed by atoms with Gasteiger partial charge < -0.3 is 9.84 Å². The zero-order valence-corrected chi connectivity index (χ0v) is 12.8. The summed E-state index contributed by atoms with van der Waals surface area (Å²) in [7, 11) is 0. The Morgan fingerprint density at radius 1 is 1.37 bits per heavy atom. The van der Waals surface area contributed by atoms with Crippen molar-refractivity contribution in [2.75, 3.05) is 11.9 Å². The summed E-state index contributed by atoms with van der Waals surface area (Å²) >= 11 is 3.12. The molecule has 2 heterocycles. The van der Waals surface area contributed by atoms with Crippen molar-refractivity contribution in [3.63, 3.8) is 0 Å². The third-order valence-corrected chi connectivity index (χ3v) is 4.37. The van der Waals surface area contributed by atoms with E-state index in [0.29, 0.717) is 5.89 Å². The summed E-state index contributed by atoms with van der Waals surface area (Å²) in [6.07, 6.45) is 1.87. The molecule has 0 amide bonds. The summed E-state index contributed by atoms with van der Waals surface area (Å²) in [5.41, 5.74) is 0. The molecule has 0 saturated carbocycles. The quantitative estimate of drug-likeness (QED) is 0.787. The fourth-order valence-electron chi connectivity index (χ4n) is 1.44. The number of nitrogens with one attached hydrogen (secondary N) is 1. The SMILES string of the molecule is CCCc1noc(C(C)Sc2nnc(NCC)s2)n1. The highest BCUT2D eigenvalue weighted by Gasteiger charge is 2.17. The second-order valence-corrected chi connectivity index (χ2v) is 6.53. The summed E-state index contributed by atoms with van der Waals surface area (Å²) < 4.78 is 6.17. The molecule has 2 rings (SSSR count). The van der Waals surface area contributed by atoms with Gasteiger partial charge in [0.25, 0.3) is 0 Å². The van der Waals surface area contributed by atoms with Crippen molar-refractivity contribution >= 4 is 28.2 Å². The molecule has 0 aliphatic carbocycles. The van der Waals surface area contributed by atoms with Gasteiger partial charge in [-0.05, 0) is 20.3 Å². The number of aromatic nitrogens is 4. The summed E-state index contributed by atoms with van der Waals surface area (Å²) in [4.78, 5) is 4.38. The van der Waals surface area contributed by atoms with Gasteiger partial charge in [-0.3, -0.25) is 0 Å². The smallest absolute Gasteiger partial charge is 0.239 e. The van der Waals surface area contributed by atoms with Crippen LogP contribution in [0.15, 0.2) is 8.86 Å². The lowest BCUT2D eigenvalue weighted by Crippen LogP contribution is -1.94. The van der Waals surface area contributed by atoms with Crippen LogP contribution in [0.5, 0.6) is 0 Å². The number of hydrogen-bond acceptors (Lipinski definition) is 8. The van der Waals surface area contributed by atoms with Crippen LogP contribution < -0.4 is 5.32 Å². The summed E-state index contributed by atoms with van der Waals surface area (Å²) in [5, 5.41) is 16.2. The maximum atomic E-state index is 5.26. The fourth-order valence-corrected chi connectivity index (χ4v) is 3.43. The third kappa shape index (κ3) is 3.90. The van der Waals surface area contributed by atoms with Gasteiger partial charge in [0.1, 0.15) is 0 Å². The Kier molecular flexibility index (Phi) is 5.15. The predicted molar refractivity (Wildman–Crippen MR) is 76.6 cm³/mol. The largest absolute Gasteiger partial charge is 0.360 e. The molecule has 6 nitrogen and oxygen atoms in total. The highest BCUT2D eigenvalue weighted by molar-refractivity contribution is 8.01. The molecule has 2 aromatic rings. The van der Waals surface area contributed by atoms with Gasteiger partial charge in [-0.1, -0.05) is 35.2 Å². The maximum Gasteiger partial charge on any atom is 0.239 e. The van der Waals surface area contributed by atoms with Gasteiger partial charge in [-0.2, -0.15) is 4.98 Å². The number of rotatable bonds is 7. The lowest BCUT2D eigenvalue weighted by molar-refractivity contribution is 0.374. The molecular formula is C11H17N5OS2. The van der Waals surface area contributed by atoms with Gasteiger partial charge >= 0.3 is 0 Å². The number of hydrogen-bond donors (Lipinski definition) is 1. The van der Waals surface area contributed by atoms with Crippen LogP contribution in [0.4, 0.5) is 5.13 Å². The number of anilines is 1. The molecule has 0 saturated heterocycles. The number of aryl methyl sites for hydroxylation is 1. The van der Waals surface area contributed by atoms with E-state index in [1.807, 2.05) is 13.8 Å². The van der Waals surface area contributed by atoms with E-state index >= 15 is 0 Å². The van der Waals surface area contributed by atoms with Crippen LogP contribution in [-0.4, -0.2) is 26.9 Å². The van der Waals surface area contributed by atoms with E-state index in [4.69, 9.17) is 4.52 Å². The van der Waals surface area contributed by atoms with Crippen molar-refractivity contribution in [1.29, 1.82) is 0 Å². The standard InChI is InChI=1S/C11H17N5OS2/c1-4-6-8-13-9(17-16-8)7(3)18-11-15-14-10(19-11)12-5-2/h7H,4-6H2,1-3H3,(H,12,14). The van der Waals surface area contributed by atoms with E-state index in [9.17, 15) is 0 Å². The van der Waals surface area contributed by atoms with Gasteiger partial charge in [-0.25, -0.2) is 0 Å². The van der Waals surface area contributed by atoms with Crippen LogP contribution in [0.3, 0.4) is 0 Å². The minimum atomic E-state index is 0.0838. The molecule has 0 fully saturated rings. The molecule has 19 heavy (non-hydrogen) atoms. The summed E-state index contributed by atoms with van der Waals surface area (Å²) in [5.74, 6) is 1.42. The van der Waals surface area contributed by atoms with Crippen LogP contribution in [0.1, 0.15) is 44.2 Å². The average molecular weight is 299 g/mol. The van der Waals surface area contributed by atoms with Gasteiger partial charge in [0.2, 0.25) is 11.0 Å². The van der Waals surface area contributed by atoms with Crippen molar-refractivity contribution in [3.8, 4) is 0 Å². The average Bonchev–Trinajstić information content (AvgIpc) is 3.00. The minimum Gasteiger partial charge on any atom is -0.360 e. The summed E-state index contributed by atoms with van der Waals surface area (Å²) in [6, 6.07) is 0. The van der Waals surface area contributed by atoms with Crippen LogP contribution in [0.2, 0.25) is 0 Å². The van der Waals surface area contributed by atoms with Crippen molar-refractivity contribution < 1.29 is 4.52 Å². The predicted octanol–water partition coefficient (Wildman–Crippen LogP) is 3.16. The molecule has 1 atom stereocenters. The Hall–Kier alpha value is -1.15. The summed E-state index contributed by atoms with van der Waals surface area (Å²) in [6.45, 7) is 7.00. The van der Waals surface area contributed by atoms with Crippen molar-refractivity contribution in [2.45, 2.75) is 43.2 Å². The second-order valence-electron chi connectivity index (χ2n) is 3.96.